The quantitative estimate of drug-likeness (QED) is 0.0222. The second-order valence-corrected chi connectivity index (χ2v) is 28.3. The molecule has 0 amide bonds. The van der Waals surface area contributed by atoms with Crippen LogP contribution in [0.3, 0.4) is 0 Å². The molecular formula is C69H134O17P2. The van der Waals surface area contributed by atoms with Gasteiger partial charge < -0.3 is 33.8 Å². The third-order valence-electron chi connectivity index (χ3n) is 16.0. The van der Waals surface area contributed by atoms with E-state index in [1.165, 1.54) is 180 Å². The molecular weight excluding hydrogens is 1160 g/mol. The molecule has 0 aliphatic rings. The first kappa shape index (κ1) is 86.1. The molecule has 88 heavy (non-hydrogen) atoms. The Kier molecular flexibility index (Phi) is 61.1. The largest absolute Gasteiger partial charge is 0.472 e. The van der Waals surface area contributed by atoms with Gasteiger partial charge in [0.2, 0.25) is 0 Å². The normalized spacial score (nSPS) is 14.1. The summed E-state index contributed by atoms with van der Waals surface area (Å²) in [6.07, 6.45) is 48.4. The third-order valence-corrected chi connectivity index (χ3v) is 17.9. The molecule has 17 nitrogen and oxygen atoms in total. The average molecular weight is 1300 g/mol. The van der Waals surface area contributed by atoms with E-state index in [4.69, 9.17) is 37.0 Å². The Morgan fingerprint density at radius 1 is 0.307 bits per heavy atom. The molecule has 0 aliphatic heterocycles. The van der Waals surface area contributed by atoms with Crippen molar-refractivity contribution in [1.29, 1.82) is 0 Å². The molecule has 0 spiro atoms. The van der Waals surface area contributed by atoms with Crippen LogP contribution in [-0.2, 0) is 65.4 Å². The van der Waals surface area contributed by atoms with Gasteiger partial charge in [0.05, 0.1) is 26.4 Å². The van der Waals surface area contributed by atoms with Crippen LogP contribution in [0.5, 0.6) is 0 Å². The Morgan fingerprint density at radius 2 is 0.523 bits per heavy atom. The summed E-state index contributed by atoms with van der Waals surface area (Å²) in [6, 6.07) is 0. The Labute approximate surface area is 537 Å². The highest BCUT2D eigenvalue weighted by Crippen LogP contribution is 2.45. The fourth-order valence-corrected chi connectivity index (χ4v) is 12.0. The number of hydrogen-bond acceptors (Lipinski definition) is 15. The van der Waals surface area contributed by atoms with Gasteiger partial charge in [0.15, 0.2) is 12.2 Å². The molecule has 522 valence electrons. The lowest BCUT2D eigenvalue weighted by Gasteiger charge is -2.21. The summed E-state index contributed by atoms with van der Waals surface area (Å²) in [4.78, 5) is 72.5. The maximum atomic E-state index is 13.0. The van der Waals surface area contributed by atoms with E-state index >= 15 is 0 Å². The predicted molar refractivity (Wildman–Crippen MR) is 354 cm³/mol. The van der Waals surface area contributed by atoms with Crippen molar-refractivity contribution in [2.75, 3.05) is 39.6 Å². The summed E-state index contributed by atoms with van der Waals surface area (Å²) in [5, 5.41) is 10.6. The summed E-state index contributed by atoms with van der Waals surface area (Å²) in [5.41, 5.74) is 0. The summed E-state index contributed by atoms with van der Waals surface area (Å²) in [5.74, 6) is -1.36. The lowest BCUT2D eigenvalue weighted by Crippen LogP contribution is -2.30. The molecule has 3 N–H and O–H groups in total. The number of phosphoric ester groups is 2. The molecule has 0 radical (unpaired) electrons. The number of ether oxygens (including phenoxy) is 4. The third kappa shape index (κ3) is 62.8. The maximum absolute atomic E-state index is 13.0. The molecule has 0 fully saturated rings. The minimum atomic E-state index is -4.95. The lowest BCUT2D eigenvalue weighted by atomic mass is 10.0. The van der Waals surface area contributed by atoms with Gasteiger partial charge in [-0.2, -0.15) is 0 Å². The molecule has 0 rings (SSSR count). The van der Waals surface area contributed by atoms with Crippen LogP contribution in [0, 0.1) is 5.92 Å². The number of unbranched alkanes of at least 4 members (excludes halogenated alkanes) is 41. The number of rotatable bonds is 69. The van der Waals surface area contributed by atoms with Crippen LogP contribution in [0.15, 0.2) is 0 Å². The van der Waals surface area contributed by atoms with Crippen molar-refractivity contribution < 1.29 is 80.2 Å². The van der Waals surface area contributed by atoms with E-state index in [-0.39, 0.29) is 25.7 Å². The number of phosphoric acid groups is 2. The zero-order valence-corrected chi connectivity index (χ0v) is 58.6. The first-order valence-electron chi connectivity index (χ1n) is 36.1. The molecule has 19 heteroatoms. The highest BCUT2D eigenvalue weighted by atomic mass is 31.2. The van der Waals surface area contributed by atoms with Crippen LogP contribution < -0.4 is 0 Å². The van der Waals surface area contributed by atoms with Gasteiger partial charge in [0, 0.05) is 25.7 Å². The van der Waals surface area contributed by atoms with Crippen molar-refractivity contribution in [3.63, 3.8) is 0 Å². The molecule has 0 aromatic heterocycles. The standard InChI is InChI=1S/C69H134O17P2/c1-6-9-12-15-18-21-24-25-29-33-38-43-48-53-67(72)80-59-65(86-69(74)55-50-45-40-35-30-26-28-31-36-41-46-51-62(4)5)61-84-88(77,78)82-57-63(70)56-81-87(75,76)83-60-64(58-79-66(71)52-47-42-37-32-23-20-17-14-11-8-3)85-68(73)54-49-44-39-34-27-22-19-16-13-10-7-2/h62-65,70H,6-61H2,1-5H3,(H,75,76)(H,77,78)/t63-,64+,65+/m0/s1. The SMILES string of the molecule is CCCCCCCCCCCCCCCC(=O)OC[C@H](COP(=O)(O)OC[C@@H](O)COP(=O)(O)OC[C@@H](COC(=O)CCCCCCCCCCCC)OC(=O)CCCCCCCCCCCCC)OC(=O)CCCCCCCCCCCCCC(C)C. The van der Waals surface area contributed by atoms with E-state index < -0.39 is 97.5 Å². The molecule has 0 bridgehead atoms. The van der Waals surface area contributed by atoms with Gasteiger partial charge >= 0.3 is 39.5 Å². The lowest BCUT2D eigenvalue weighted by molar-refractivity contribution is -0.161. The van der Waals surface area contributed by atoms with Gasteiger partial charge in [-0.25, -0.2) is 9.13 Å². The first-order chi connectivity index (χ1) is 42.5. The number of aliphatic hydroxyl groups is 1. The molecule has 0 aliphatic carbocycles. The van der Waals surface area contributed by atoms with Gasteiger partial charge in [0.1, 0.15) is 19.3 Å². The Morgan fingerprint density at radius 3 is 0.773 bits per heavy atom. The predicted octanol–water partition coefficient (Wildman–Crippen LogP) is 19.7. The van der Waals surface area contributed by atoms with Crippen LogP contribution in [0.25, 0.3) is 0 Å². The minimum Gasteiger partial charge on any atom is -0.462 e. The fraction of sp³-hybridized carbons (Fsp3) is 0.942. The maximum Gasteiger partial charge on any atom is 0.472 e. The van der Waals surface area contributed by atoms with Crippen molar-refractivity contribution in [2.24, 2.45) is 5.92 Å². The fourth-order valence-electron chi connectivity index (χ4n) is 10.5. The van der Waals surface area contributed by atoms with Gasteiger partial charge in [0.25, 0.3) is 0 Å². The van der Waals surface area contributed by atoms with Crippen molar-refractivity contribution in [3.05, 3.63) is 0 Å². The second-order valence-electron chi connectivity index (χ2n) is 25.4. The Bertz CT molecular complexity index is 1700. The summed E-state index contributed by atoms with van der Waals surface area (Å²) >= 11 is 0. The van der Waals surface area contributed by atoms with Gasteiger partial charge in [-0.3, -0.25) is 37.3 Å². The Balaban J connectivity index is 5.24. The molecule has 0 heterocycles. The van der Waals surface area contributed by atoms with Gasteiger partial charge in [-0.1, -0.05) is 304 Å². The highest BCUT2D eigenvalue weighted by molar-refractivity contribution is 7.47. The van der Waals surface area contributed by atoms with E-state index in [0.29, 0.717) is 25.7 Å². The number of carbonyl (C=O) groups excluding carboxylic acids is 4. The van der Waals surface area contributed by atoms with E-state index in [0.717, 1.165) is 95.8 Å². The van der Waals surface area contributed by atoms with Crippen molar-refractivity contribution in [1.82, 2.24) is 0 Å². The van der Waals surface area contributed by atoms with Crippen LogP contribution >= 0.6 is 15.6 Å². The topological polar surface area (TPSA) is 237 Å². The molecule has 0 saturated heterocycles. The van der Waals surface area contributed by atoms with E-state index in [1.54, 1.807) is 0 Å². The molecule has 0 aromatic rings. The molecule has 2 unspecified atom stereocenters. The first-order valence-corrected chi connectivity index (χ1v) is 39.1. The van der Waals surface area contributed by atoms with Crippen molar-refractivity contribution in [2.45, 2.75) is 374 Å². The van der Waals surface area contributed by atoms with Gasteiger partial charge in [-0.15, -0.1) is 0 Å². The number of hydrogen-bond donors (Lipinski definition) is 3. The summed E-state index contributed by atoms with van der Waals surface area (Å²) in [7, 11) is -9.89. The van der Waals surface area contributed by atoms with Gasteiger partial charge in [-0.05, 0) is 31.6 Å². The zero-order valence-electron chi connectivity index (χ0n) is 56.9. The van der Waals surface area contributed by atoms with Crippen LogP contribution in [0.1, 0.15) is 356 Å². The molecule has 0 saturated carbocycles. The van der Waals surface area contributed by atoms with Crippen LogP contribution in [0.4, 0.5) is 0 Å². The average Bonchev–Trinajstić information content (AvgIpc) is 3.71. The highest BCUT2D eigenvalue weighted by Gasteiger charge is 2.30. The zero-order chi connectivity index (χ0) is 64.9. The number of esters is 4. The molecule has 0 aromatic carbocycles. The van der Waals surface area contributed by atoms with Crippen molar-refractivity contribution in [3.8, 4) is 0 Å². The summed E-state index contributed by atoms with van der Waals surface area (Å²) < 4.78 is 68.2. The monoisotopic (exact) mass is 1300 g/mol. The molecule has 5 atom stereocenters. The van der Waals surface area contributed by atoms with Crippen LogP contribution in [0.2, 0.25) is 0 Å². The van der Waals surface area contributed by atoms with E-state index in [9.17, 15) is 43.2 Å². The summed E-state index contributed by atoms with van der Waals surface area (Å²) in [6.45, 7) is 7.23. The number of carbonyl (C=O) groups is 4. The Hall–Kier alpha value is -1.94. The van der Waals surface area contributed by atoms with Crippen LogP contribution in [-0.4, -0.2) is 96.7 Å². The minimum absolute atomic E-state index is 0.107. The van der Waals surface area contributed by atoms with E-state index in [1.807, 2.05) is 0 Å². The smallest absolute Gasteiger partial charge is 0.462 e. The van der Waals surface area contributed by atoms with Crippen molar-refractivity contribution >= 4 is 39.5 Å². The number of aliphatic hydroxyl groups excluding tert-OH is 1. The van der Waals surface area contributed by atoms with E-state index in [2.05, 4.69) is 34.6 Å². The second kappa shape index (κ2) is 62.5.